The fraction of sp³-hybridized carbons (Fsp3) is 0.632. The third-order valence-corrected chi connectivity index (χ3v) is 5.20. The first kappa shape index (κ1) is 19.8. The maximum atomic E-state index is 11.3. The van der Waals surface area contributed by atoms with Crippen molar-refractivity contribution in [3.63, 3.8) is 0 Å². The van der Waals surface area contributed by atoms with Crippen molar-refractivity contribution in [2.75, 3.05) is 13.1 Å². The Morgan fingerprint density at radius 1 is 1.16 bits per heavy atom. The van der Waals surface area contributed by atoms with Crippen molar-refractivity contribution >= 4 is 5.97 Å². The Kier molecular flexibility index (Phi) is 6.57. The topological polar surface area (TPSA) is 101 Å². The van der Waals surface area contributed by atoms with Crippen molar-refractivity contribution in [1.29, 1.82) is 0 Å². The van der Waals surface area contributed by atoms with Crippen LogP contribution in [0.5, 0.6) is 0 Å². The summed E-state index contributed by atoms with van der Waals surface area (Å²) in [5, 5.41) is 39.7. The number of benzene rings is 1. The van der Waals surface area contributed by atoms with E-state index >= 15 is 0 Å². The van der Waals surface area contributed by atoms with Crippen LogP contribution < -0.4 is 0 Å². The molecule has 25 heavy (non-hydrogen) atoms. The van der Waals surface area contributed by atoms with E-state index in [1.165, 1.54) is 0 Å². The van der Waals surface area contributed by atoms with Gasteiger partial charge in [0, 0.05) is 19.1 Å². The zero-order valence-corrected chi connectivity index (χ0v) is 14.9. The number of nitrogens with zero attached hydrogens (tertiary/aromatic N) is 1. The number of aliphatic carboxylic acids is 1. The molecule has 2 rings (SSSR count). The van der Waals surface area contributed by atoms with Crippen LogP contribution in [0.1, 0.15) is 32.3 Å². The molecule has 0 bridgehead atoms. The van der Waals surface area contributed by atoms with E-state index in [4.69, 9.17) is 0 Å². The van der Waals surface area contributed by atoms with Crippen LogP contribution in [0.15, 0.2) is 30.3 Å². The Morgan fingerprint density at radius 2 is 1.80 bits per heavy atom. The maximum absolute atomic E-state index is 11.3. The first-order chi connectivity index (χ1) is 11.7. The van der Waals surface area contributed by atoms with Crippen LogP contribution in [0.3, 0.4) is 0 Å². The second-order valence-corrected chi connectivity index (χ2v) is 7.57. The van der Waals surface area contributed by atoms with Crippen LogP contribution in [0.2, 0.25) is 0 Å². The third kappa shape index (κ3) is 5.01. The average Bonchev–Trinajstić information content (AvgIpc) is 2.58. The van der Waals surface area contributed by atoms with E-state index < -0.39 is 29.7 Å². The summed E-state index contributed by atoms with van der Waals surface area (Å²) < 4.78 is 0. The molecule has 0 unspecified atom stereocenters. The van der Waals surface area contributed by atoms with E-state index in [2.05, 4.69) is 0 Å². The van der Waals surface area contributed by atoms with Crippen molar-refractivity contribution in [1.82, 2.24) is 4.90 Å². The lowest BCUT2D eigenvalue weighted by molar-refractivity contribution is -0.150. The maximum Gasteiger partial charge on any atom is 0.309 e. The van der Waals surface area contributed by atoms with Gasteiger partial charge in [0.1, 0.15) is 6.10 Å². The number of piperidine rings is 1. The summed E-state index contributed by atoms with van der Waals surface area (Å²) in [4.78, 5) is 13.3. The summed E-state index contributed by atoms with van der Waals surface area (Å²) >= 11 is 0. The van der Waals surface area contributed by atoms with E-state index in [-0.39, 0.29) is 12.6 Å². The molecule has 4 N–H and O–H groups in total. The SMILES string of the molecule is CC(C)(CC[C@@H]1[C@@H](O)[C@H](O)[C@@H](O)CN1CCc1ccccc1)C(=O)O. The van der Waals surface area contributed by atoms with Gasteiger partial charge in [-0.3, -0.25) is 9.69 Å². The van der Waals surface area contributed by atoms with E-state index in [1.807, 2.05) is 35.2 Å². The van der Waals surface area contributed by atoms with Crippen LogP contribution in [0.4, 0.5) is 0 Å². The molecule has 0 aromatic heterocycles. The number of hydrogen-bond acceptors (Lipinski definition) is 5. The number of β-amino-alcohol motifs (C(OH)–C–C–N with tert-alkyl or cyclic N) is 1. The molecule has 0 radical (unpaired) electrons. The minimum Gasteiger partial charge on any atom is -0.481 e. The second kappa shape index (κ2) is 8.27. The second-order valence-electron chi connectivity index (χ2n) is 7.57. The fourth-order valence-corrected chi connectivity index (χ4v) is 3.30. The van der Waals surface area contributed by atoms with E-state index in [0.29, 0.717) is 19.4 Å². The first-order valence-corrected chi connectivity index (χ1v) is 8.78. The van der Waals surface area contributed by atoms with Crippen molar-refractivity contribution < 1.29 is 25.2 Å². The molecular weight excluding hydrogens is 322 g/mol. The van der Waals surface area contributed by atoms with Crippen LogP contribution in [-0.2, 0) is 11.2 Å². The highest BCUT2D eigenvalue weighted by atomic mass is 16.4. The monoisotopic (exact) mass is 351 g/mol. The van der Waals surface area contributed by atoms with Crippen molar-refractivity contribution in [3.05, 3.63) is 35.9 Å². The Labute approximate surface area is 148 Å². The fourth-order valence-electron chi connectivity index (χ4n) is 3.30. The highest BCUT2D eigenvalue weighted by Crippen LogP contribution is 2.29. The number of carboxylic acids is 1. The lowest BCUT2D eigenvalue weighted by Crippen LogP contribution is -2.61. The van der Waals surface area contributed by atoms with Gasteiger partial charge in [0.25, 0.3) is 0 Å². The van der Waals surface area contributed by atoms with Crippen LogP contribution in [-0.4, -0.2) is 68.7 Å². The zero-order valence-electron chi connectivity index (χ0n) is 14.9. The number of carbonyl (C=O) groups is 1. The molecular formula is C19H29NO5. The Morgan fingerprint density at radius 3 is 2.40 bits per heavy atom. The van der Waals surface area contributed by atoms with Crippen LogP contribution >= 0.6 is 0 Å². The number of hydrogen-bond donors (Lipinski definition) is 4. The van der Waals surface area contributed by atoms with Gasteiger partial charge in [0.15, 0.2) is 0 Å². The van der Waals surface area contributed by atoms with Gasteiger partial charge >= 0.3 is 5.97 Å². The third-order valence-electron chi connectivity index (χ3n) is 5.20. The van der Waals surface area contributed by atoms with Crippen molar-refractivity contribution in [3.8, 4) is 0 Å². The molecule has 1 fully saturated rings. The number of rotatable bonds is 7. The van der Waals surface area contributed by atoms with Gasteiger partial charge in [-0.1, -0.05) is 30.3 Å². The molecule has 140 valence electrons. The van der Waals surface area contributed by atoms with Crippen LogP contribution in [0.25, 0.3) is 0 Å². The molecule has 1 aliphatic heterocycles. The number of carboxylic acid groups (broad SMARTS) is 1. The average molecular weight is 351 g/mol. The highest BCUT2D eigenvalue weighted by Gasteiger charge is 2.42. The predicted octanol–water partition coefficient (Wildman–Crippen LogP) is 0.887. The normalized spacial score (nSPS) is 28.0. The summed E-state index contributed by atoms with van der Waals surface area (Å²) in [6, 6.07) is 9.55. The Bertz CT molecular complexity index is 562. The smallest absolute Gasteiger partial charge is 0.309 e. The summed E-state index contributed by atoms with van der Waals surface area (Å²) in [5.41, 5.74) is 0.258. The molecule has 0 aliphatic carbocycles. The Balaban J connectivity index is 2.05. The summed E-state index contributed by atoms with van der Waals surface area (Å²) in [7, 11) is 0. The molecule has 1 aromatic rings. The molecule has 1 heterocycles. The largest absolute Gasteiger partial charge is 0.481 e. The van der Waals surface area contributed by atoms with Gasteiger partial charge in [-0.25, -0.2) is 0 Å². The Hall–Kier alpha value is -1.47. The summed E-state index contributed by atoms with van der Waals surface area (Å²) in [6.45, 7) is 4.21. The quantitative estimate of drug-likeness (QED) is 0.582. The zero-order chi connectivity index (χ0) is 18.6. The van der Waals surface area contributed by atoms with E-state index in [1.54, 1.807) is 13.8 Å². The van der Waals surface area contributed by atoms with Gasteiger partial charge in [-0.05, 0) is 38.7 Å². The van der Waals surface area contributed by atoms with Gasteiger partial charge < -0.3 is 20.4 Å². The van der Waals surface area contributed by atoms with Gasteiger partial charge in [0.2, 0.25) is 0 Å². The summed E-state index contributed by atoms with van der Waals surface area (Å²) in [6.07, 6.45) is -1.72. The molecule has 0 amide bonds. The van der Waals surface area contributed by atoms with Gasteiger partial charge in [-0.2, -0.15) is 0 Å². The highest BCUT2D eigenvalue weighted by molar-refractivity contribution is 5.73. The molecule has 6 nitrogen and oxygen atoms in total. The minimum absolute atomic E-state index is 0.267. The van der Waals surface area contributed by atoms with Gasteiger partial charge in [0.05, 0.1) is 17.6 Å². The molecule has 1 saturated heterocycles. The number of aliphatic hydroxyl groups excluding tert-OH is 3. The molecule has 4 atom stereocenters. The van der Waals surface area contributed by atoms with Crippen molar-refractivity contribution in [2.45, 2.75) is 57.5 Å². The molecule has 6 heteroatoms. The van der Waals surface area contributed by atoms with E-state index in [0.717, 1.165) is 12.0 Å². The molecule has 0 saturated carbocycles. The molecule has 1 aromatic carbocycles. The lowest BCUT2D eigenvalue weighted by Gasteiger charge is -2.44. The van der Waals surface area contributed by atoms with E-state index in [9.17, 15) is 25.2 Å². The number of aliphatic hydroxyl groups is 3. The number of likely N-dealkylation sites (tertiary alicyclic amines) is 1. The van der Waals surface area contributed by atoms with Crippen molar-refractivity contribution in [2.24, 2.45) is 5.41 Å². The lowest BCUT2D eigenvalue weighted by atomic mass is 9.82. The standard InChI is InChI=1S/C19H29NO5/c1-19(2,18(24)25)10-8-14-16(22)17(23)15(21)12-20(14)11-9-13-6-4-3-5-7-13/h3-7,14-17,21-23H,8-12H2,1-2H3,(H,24,25)/t14-,15+,16-,17-/m1/s1. The first-order valence-electron chi connectivity index (χ1n) is 8.78. The van der Waals surface area contributed by atoms with Gasteiger partial charge in [-0.15, -0.1) is 0 Å². The summed E-state index contributed by atoms with van der Waals surface area (Å²) in [5.74, 6) is -0.880. The predicted molar refractivity (Wildman–Crippen MR) is 94.2 cm³/mol. The minimum atomic E-state index is -1.20. The molecule has 0 spiro atoms. The molecule has 1 aliphatic rings. The van der Waals surface area contributed by atoms with Crippen LogP contribution in [0, 0.1) is 5.41 Å².